The molecule has 0 aliphatic heterocycles. The third-order valence-corrected chi connectivity index (χ3v) is 6.01. The molecule has 3 rings (SSSR count). The molecule has 0 spiro atoms. The van der Waals surface area contributed by atoms with E-state index in [1.165, 1.54) is 30.5 Å². The van der Waals surface area contributed by atoms with Gasteiger partial charge in [-0.15, -0.1) is 0 Å². The van der Waals surface area contributed by atoms with E-state index in [1.807, 2.05) is 0 Å². The van der Waals surface area contributed by atoms with Crippen LogP contribution in [0.5, 0.6) is 0 Å². The zero-order valence-corrected chi connectivity index (χ0v) is 15.0. The lowest BCUT2D eigenvalue weighted by Crippen LogP contribution is -2.41. The maximum Gasteiger partial charge on any atom is 0.416 e. The number of hydrogen-bond acceptors (Lipinski definition) is 4. The van der Waals surface area contributed by atoms with Gasteiger partial charge in [0.15, 0.2) is 9.84 Å². The Kier molecular flexibility index (Phi) is 4.72. The summed E-state index contributed by atoms with van der Waals surface area (Å²) in [6.07, 6.45) is 0.582. The smallest absolute Gasteiger partial charge is 0.368 e. The predicted molar refractivity (Wildman–Crippen MR) is 92.8 cm³/mol. The summed E-state index contributed by atoms with van der Waals surface area (Å²) in [6, 6.07) is 8.36. The quantitative estimate of drug-likeness (QED) is 0.845. The van der Waals surface area contributed by atoms with Crippen LogP contribution in [0.2, 0.25) is 0 Å². The fourth-order valence-corrected chi connectivity index (χ4v) is 4.07. The summed E-state index contributed by atoms with van der Waals surface area (Å²) in [7, 11) is -3.45. The Hall–Kier alpha value is -2.09. The zero-order valence-electron chi connectivity index (χ0n) is 14.2. The first-order valence-corrected chi connectivity index (χ1v) is 10.1. The molecule has 1 heterocycles. The minimum Gasteiger partial charge on any atom is -0.368 e. The van der Waals surface area contributed by atoms with Crippen LogP contribution >= 0.6 is 0 Å². The number of sulfone groups is 1. The maximum atomic E-state index is 13.0. The predicted octanol–water partition coefficient (Wildman–Crippen LogP) is 4.04. The number of hydrogen-bond donors (Lipinski definition) is 1. The van der Waals surface area contributed by atoms with Gasteiger partial charge in [-0.25, -0.2) is 13.4 Å². The lowest BCUT2D eigenvalue weighted by molar-refractivity contribution is -0.137. The van der Waals surface area contributed by atoms with Crippen molar-refractivity contribution >= 4 is 15.7 Å². The topological polar surface area (TPSA) is 59.1 Å². The van der Waals surface area contributed by atoms with Crippen LogP contribution < -0.4 is 5.32 Å². The molecule has 0 bridgehead atoms. The molecule has 0 radical (unpaired) electrons. The van der Waals surface area contributed by atoms with Crippen molar-refractivity contribution in [2.75, 3.05) is 18.1 Å². The van der Waals surface area contributed by atoms with Gasteiger partial charge in [-0.2, -0.15) is 13.2 Å². The number of benzene rings is 1. The molecule has 1 aromatic carbocycles. The average Bonchev–Trinajstić information content (AvgIpc) is 2.53. The van der Waals surface area contributed by atoms with Crippen LogP contribution in [0, 0.1) is 0 Å². The number of nitrogens with one attached hydrogen (secondary N) is 1. The summed E-state index contributed by atoms with van der Waals surface area (Å²) in [5.74, 6) is 0.230. The van der Waals surface area contributed by atoms with E-state index < -0.39 is 27.0 Å². The first-order valence-electron chi connectivity index (χ1n) is 8.19. The van der Waals surface area contributed by atoms with E-state index in [0.29, 0.717) is 12.1 Å². The van der Waals surface area contributed by atoms with Gasteiger partial charge in [-0.05, 0) is 36.6 Å². The lowest BCUT2D eigenvalue weighted by Gasteiger charge is -2.43. The molecule has 1 N–H and O–H groups in total. The fourth-order valence-electron chi connectivity index (χ4n) is 3.27. The molecule has 0 amide bonds. The minimum atomic E-state index is -4.39. The third-order valence-electron chi connectivity index (χ3n) is 4.88. The van der Waals surface area contributed by atoms with Crippen LogP contribution in [0.1, 0.15) is 30.4 Å². The zero-order chi connectivity index (χ0) is 19.0. The Morgan fingerprint density at radius 2 is 1.92 bits per heavy atom. The molecule has 2 aromatic rings. The molecule has 0 saturated heterocycles. The molecule has 1 aliphatic rings. The molecule has 26 heavy (non-hydrogen) atoms. The van der Waals surface area contributed by atoms with Crippen molar-refractivity contribution in [1.29, 1.82) is 0 Å². The number of halogens is 3. The SMILES string of the molecule is CS(=O)(=O)c1cccnc1NCC1(c2cccc(C(F)(F)F)c2)CCC1. The normalized spacial score (nSPS) is 16.8. The molecule has 8 heteroatoms. The standard InChI is InChI=1S/C18H19F3N2O2S/c1-26(24,25)15-7-3-10-22-16(15)23-12-17(8-4-9-17)13-5-2-6-14(11-13)18(19,20)21/h2-3,5-7,10-11H,4,8-9,12H2,1H3,(H,22,23). The number of pyridine rings is 1. The van der Waals surface area contributed by atoms with Gasteiger partial charge >= 0.3 is 6.18 Å². The Balaban J connectivity index is 1.88. The van der Waals surface area contributed by atoms with Gasteiger partial charge in [0.2, 0.25) is 0 Å². The number of aromatic nitrogens is 1. The summed E-state index contributed by atoms with van der Waals surface area (Å²) < 4.78 is 62.8. The van der Waals surface area contributed by atoms with Crippen LogP contribution in [0.25, 0.3) is 0 Å². The van der Waals surface area contributed by atoms with E-state index in [1.54, 1.807) is 6.07 Å². The second-order valence-corrected chi connectivity index (χ2v) is 8.67. The Labute approximate surface area is 150 Å². The fraction of sp³-hybridized carbons (Fsp3) is 0.389. The molecule has 1 aliphatic carbocycles. The molecule has 1 fully saturated rings. The van der Waals surface area contributed by atoms with Crippen LogP contribution in [-0.2, 0) is 21.4 Å². The molecule has 0 unspecified atom stereocenters. The average molecular weight is 384 g/mol. The number of rotatable bonds is 5. The second kappa shape index (κ2) is 6.57. The Bertz CT molecular complexity index is 907. The molecule has 0 atom stereocenters. The summed E-state index contributed by atoms with van der Waals surface area (Å²) in [5.41, 5.74) is -0.507. The Morgan fingerprint density at radius 3 is 2.50 bits per heavy atom. The van der Waals surface area contributed by atoms with Gasteiger partial charge in [0.25, 0.3) is 0 Å². The van der Waals surface area contributed by atoms with Crippen molar-refractivity contribution < 1.29 is 21.6 Å². The lowest BCUT2D eigenvalue weighted by atomic mass is 9.64. The van der Waals surface area contributed by atoms with Crippen molar-refractivity contribution in [2.45, 2.75) is 35.7 Å². The summed E-state index contributed by atoms with van der Waals surface area (Å²) in [5, 5.41) is 3.05. The van der Waals surface area contributed by atoms with Crippen LogP contribution in [0.4, 0.5) is 19.0 Å². The number of anilines is 1. The van der Waals surface area contributed by atoms with Crippen molar-refractivity contribution in [3.05, 3.63) is 53.7 Å². The van der Waals surface area contributed by atoms with Crippen LogP contribution in [-0.4, -0.2) is 26.2 Å². The highest BCUT2D eigenvalue weighted by molar-refractivity contribution is 7.90. The Morgan fingerprint density at radius 1 is 1.19 bits per heavy atom. The number of nitrogens with zero attached hydrogens (tertiary/aromatic N) is 1. The van der Waals surface area contributed by atoms with Crippen molar-refractivity contribution in [1.82, 2.24) is 4.98 Å². The van der Waals surface area contributed by atoms with Gasteiger partial charge in [0.1, 0.15) is 10.7 Å². The van der Waals surface area contributed by atoms with E-state index in [4.69, 9.17) is 0 Å². The van der Waals surface area contributed by atoms with Crippen LogP contribution in [0.15, 0.2) is 47.5 Å². The molecule has 4 nitrogen and oxygen atoms in total. The molecule has 1 aromatic heterocycles. The summed E-state index contributed by atoms with van der Waals surface area (Å²) in [6.45, 7) is 0.327. The van der Waals surface area contributed by atoms with Gasteiger partial charge in [-0.3, -0.25) is 0 Å². The van der Waals surface area contributed by atoms with E-state index in [2.05, 4.69) is 10.3 Å². The van der Waals surface area contributed by atoms with Crippen LogP contribution in [0.3, 0.4) is 0 Å². The van der Waals surface area contributed by atoms with Crippen molar-refractivity contribution in [3.63, 3.8) is 0 Å². The second-order valence-electron chi connectivity index (χ2n) is 6.69. The van der Waals surface area contributed by atoms with Gasteiger partial charge in [0, 0.05) is 24.4 Å². The van der Waals surface area contributed by atoms with E-state index >= 15 is 0 Å². The first-order chi connectivity index (χ1) is 12.1. The monoisotopic (exact) mass is 384 g/mol. The molecular formula is C18H19F3N2O2S. The largest absolute Gasteiger partial charge is 0.416 e. The minimum absolute atomic E-state index is 0.0820. The highest BCUT2D eigenvalue weighted by Crippen LogP contribution is 2.45. The number of alkyl halides is 3. The van der Waals surface area contributed by atoms with E-state index in [9.17, 15) is 21.6 Å². The highest BCUT2D eigenvalue weighted by atomic mass is 32.2. The maximum absolute atomic E-state index is 13.0. The first kappa shape index (κ1) is 18.7. The van der Waals surface area contributed by atoms with E-state index in [-0.39, 0.29) is 10.7 Å². The molecule has 140 valence electrons. The highest BCUT2D eigenvalue weighted by Gasteiger charge is 2.40. The van der Waals surface area contributed by atoms with Gasteiger partial charge < -0.3 is 5.32 Å². The summed E-state index contributed by atoms with van der Waals surface area (Å²) in [4.78, 5) is 4.17. The van der Waals surface area contributed by atoms with Crippen molar-refractivity contribution in [2.24, 2.45) is 0 Å². The van der Waals surface area contributed by atoms with E-state index in [0.717, 1.165) is 31.6 Å². The molecule has 1 saturated carbocycles. The summed E-state index contributed by atoms with van der Waals surface area (Å²) >= 11 is 0. The van der Waals surface area contributed by atoms with Gasteiger partial charge in [-0.1, -0.05) is 24.6 Å². The molecular weight excluding hydrogens is 365 g/mol. The van der Waals surface area contributed by atoms with Gasteiger partial charge in [0.05, 0.1) is 5.56 Å². The van der Waals surface area contributed by atoms with Crippen molar-refractivity contribution in [3.8, 4) is 0 Å². The third kappa shape index (κ3) is 3.70.